The van der Waals surface area contributed by atoms with Crippen LogP contribution in [0.15, 0.2) is 53.8 Å². The zero-order chi connectivity index (χ0) is 20.3. The van der Waals surface area contributed by atoms with Gasteiger partial charge < -0.3 is 4.57 Å². The molecule has 1 atom stereocenters. The van der Waals surface area contributed by atoms with Gasteiger partial charge in [0.1, 0.15) is 17.8 Å². The molecule has 28 heavy (non-hydrogen) atoms. The summed E-state index contributed by atoms with van der Waals surface area (Å²) in [7, 11) is -1.54. The maximum Gasteiger partial charge on any atom is 0.192 e. The topological polar surface area (TPSA) is 94.8 Å². The van der Waals surface area contributed by atoms with Gasteiger partial charge >= 0.3 is 0 Å². The summed E-state index contributed by atoms with van der Waals surface area (Å²) in [5.41, 5.74) is 2.12. The van der Waals surface area contributed by atoms with Gasteiger partial charge in [0, 0.05) is 26.1 Å². The van der Waals surface area contributed by atoms with Gasteiger partial charge in [-0.2, -0.15) is 0 Å². The molecule has 0 N–H and O–H groups in total. The summed E-state index contributed by atoms with van der Waals surface area (Å²) in [6.07, 6.45) is 3.65. The summed E-state index contributed by atoms with van der Waals surface area (Å²) < 4.78 is 25.2. The van der Waals surface area contributed by atoms with Crippen LogP contribution in [0, 0.1) is 0 Å². The molecule has 0 aliphatic heterocycles. The Bertz CT molecular complexity index is 1110. The van der Waals surface area contributed by atoms with Gasteiger partial charge in [-0.05, 0) is 29.2 Å². The molecule has 0 radical (unpaired) electrons. The minimum atomic E-state index is -3.45. The Labute approximate surface area is 164 Å². The number of nitrogens with zero attached hydrogens (tertiary/aromatic N) is 4. The molecule has 2 heterocycles. The lowest BCUT2D eigenvalue weighted by Crippen LogP contribution is -2.10. The van der Waals surface area contributed by atoms with Crippen LogP contribution in [0.5, 0.6) is 0 Å². The Morgan fingerprint density at radius 1 is 1.18 bits per heavy atom. The van der Waals surface area contributed by atoms with Crippen molar-refractivity contribution in [1.82, 2.24) is 19.7 Å². The van der Waals surface area contributed by atoms with E-state index in [2.05, 4.69) is 22.1 Å². The molecule has 0 unspecified atom stereocenters. The standard InChI is InChI=1S/C20H22N4O3S/c1-14(10-19-23-21-13-24(19)2)16-7-4-6-15(11-16)12-18(25)17-8-5-9-20(22-17)28(3,26)27/h4-9,11,13-14H,10,12H2,1-3H3/t14-/m1/s1. The minimum Gasteiger partial charge on any atom is -0.321 e. The molecule has 0 bridgehead atoms. The first kappa shape index (κ1) is 19.9. The van der Waals surface area contributed by atoms with Gasteiger partial charge in [-0.25, -0.2) is 13.4 Å². The number of hydrogen-bond acceptors (Lipinski definition) is 6. The van der Waals surface area contributed by atoms with E-state index in [1.54, 1.807) is 6.33 Å². The minimum absolute atomic E-state index is 0.0931. The Balaban J connectivity index is 1.76. The summed E-state index contributed by atoms with van der Waals surface area (Å²) in [6.45, 7) is 2.10. The third-order valence-electron chi connectivity index (χ3n) is 4.57. The number of ketones is 1. The van der Waals surface area contributed by atoms with Gasteiger partial charge in [0.25, 0.3) is 0 Å². The zero-order valence-corrected chi connectivity index (χ0v) is 16.8. The van der Waals surface area contributed by atoms with Crippen LogP contribution in [-0.2, 0) is 29.7 Å². The first-order chi connectivity index (χ1) is 13.2. The average molecular weight is 398 g/mol. The van der Waals surface area contributed by atoms with E-state index >= 15 is 0 Å². The molecular formula is C20H22N4O3S. The lowest BCUT2D eigenvalue weighted by atomic mass is 9.94. The van der Waals surface area contributed by atoms with Crippen molar-refractivity contribution in [3.8, 4) is 0 Å². The number of aromatic nitrogens is 4. The SMILES string of the molecule is C[C@H](Cc1nncn1C)c1cccc(CC(=O)c2cccc(S(C)(=O)=O)n2)c1. The van der Waals surface area contributed by atoms with Crippen LogP contribution < -0.4 is 0 Å². The third kappa shape index (κ3) is 4.69. The summed E-state index contributed by atoms with van der Waals surface area (Å²) in [6, 6.07) is 12.3. The second-order valence-electron chi connectivity index (χ2n) is 6.94. The fourth-order valence-electron chi connectivity index (χ4n) is 2.95. The zero-order valence-electron chi connectivity index (χ0n) is 16.0. The fraction of sp³-hybridized carbons (Fsp3) is 0.300. The first-order valence-corrected chi connectivity index (χ1v) is 10.7. The van der Waals surface area contributed by atoms with Crippen molar-refractivity contribution in [3.63, 3.8) is 0 Å². The van der Waals surface area contributed by atoms with E-state index in [0.717, 1.165) is 29.6 Å². The predicted molar refractivity (Wildman–Crippen MR) is 105 cm³/mol. The van der Waals surface area contributed by atoms with Gasteiger partial charge in [-0.15, -0.1) is 10.2 Å². The molecule has 0 saturated carbocycles. The van der Waals surface area contributed by atoms with E-state index in [1.807, 2.05) is 35.9 Å². The van der Waals surface area contributed by atoms with Crippen LogP contribution in [-0.4, -0.2) is 40.2 Å². The monoisotopic (exact) mass is 398 g/mol. The van der Waals surface area contributed by atoms with Crippen molar-refractivity contribution in [1.29, 1.82) is 0 Å². The van der Waals surface area contributed by atoms with Gasteiger partial charge in [-0.1, -0.05) is 37.3 Å². The van der Waals surface area contributed by atoms with Crippen LogP contribution in [0.4, 0.5) is 0 Å². The normalized spacial score (nSPS) is 12.7. The Morgan fingerprint density at radius 2 is 1.93 bits per heavy atom. The van der Waals surface area contributed by atoms with Gasteiger partial charge in [0.15, 0.2) is 20.6 Å². The highest BCUT2D eigenvalue weighted by molar-refractivity contribution is 7.90. The highest BCUT2D eigenvalue weighted by atomic mass is 32.2. The highest BCUT2D eigenvalue weighted by Crippen LogP contribution is 2.21. The second-order valence-corrected chi connectivity index (χ2v) is 8.90. The molecule has 2 aromatic heterocycles. The number of sulfone groups is 1. The molecular weight excluding hydrogens is 376 g/mol. The molecule has 0 aliphatic rings. The van der Waals surface area contributed by atoms with E-state index in [9.17, 15) is 13.2 Å². The van der Waals surface area contributed by atoms with Crippen LogP contribution in [0.3, 0.4) is 0 Å². The lowest BCUT2D eigenvalue weighted by molar-refractivity contribution is 0.0987. The molecule has 7 nitrogen and oxygen atoms in total. The molecule has 3 rings (SSSR count). The third-order valence-corrected chi connectivity index (χ3v) is 5.55. The molecule has 0 spiro atoms. The van der Waals surface area contributed by atoms with Gasteiger partial charge in [-0.3, -0.25) is 4.79 Å². The molecule has 1 aromatic carbocycles. The Kier molecular flexibility index (Phi) is 5.69. The fourth-order valence-corrected chi connectivity index (χ4v) is 3.54. The molecule has 0 saturated heterocycles. The first-order valence-electron chi connectivity index (χ1n) is 8.86. The molecule has 146 valence electrons. The summed E-state index contributed by atoms with van der Waals surface area (Å²) in [4.78, 5) is 16.6. The quantitative estimate of drug-likeness (QED) is 0.567. The predicted octanol–water partition coefficient (Wildman–Crippen LogP) is 2.39. The van der Waals surface area contributed by atoms with E-state index in [-0.39, 0.29) is 28.8 Å². The number of rotatable bonds is 7. The maximum atomic E-state index is 12.6. The van der Waals surface area contributed by atoms with Crippen molar-refractivity contribution in [2.24, 2.45) is 7.05 Å². The number of pyridine rings is 1. The number of benzene rings is 1. The largest absolute Gasteiger partial charge is 0.321 e. The molecule has 0 amide bonds. The molecule has 3 aromatic rings. The summed E-state index contributed by atoms with van der Waals surface area (Å²) in [5.74, 6) is 0.893. The smallest absolute Gasteiger partial charge is 0.192 e. The van der Waals surface area contributed by atoms with E-state index in [1.165, 1.54) is 18.2 Å². The lowest BCUT2D eigenvalue weighted by Gasteiger charge is -2.13. The van der Waals surface area contributed by atoms with Gasteiger partial charge in [0.05, 0.1) is 0 Å². The van der Waals surface area contributed by atoms with Crippen LogP contribution >= 0.6 is 0 Å². The van der Waals surface area contributed by atoms with E-state index in [0.29, 0.717) is 0 Å². The van der Waals surface area contributed by atoms with Crippen LogP contribution in [0.1, 0.15) is 40.3 Å². The number of aryl methyl sites for hydroxylation is 1. The van der Waals surface area contributed by atoms with Gasteiger partial charge in [0.2, 0.25) is 0 Å². The van der Waals surface area contributed by atoms with Crippen molar-refractivity contribution in [2.75, 3.05) is 6.26 Å². The Hall–Kier alpha value is -2.87. The van der Waals surface area contributed by atoms with E-state index < -0.39 is 9.84 Å². The van der Waals surface area contributed by atoms with Crippen LogP contribution in [0.25, 0.3) is 0 Å². The molecule has 8 heteroatoms. The highest BCUT2D eigenvalue weighted by Gasteiger charge is 2.15. The number of Topliss-reactive ketones (excluding diaryl/α,β-unsaturated/α-hetero) is 1. The van der Waals surface area contributed by atoms with Crippen molar-refractivity contribution >= 4 is 15.6 Å². The Morgan fingerprint density at radius 3 is 2.61 bits per heavy atom. The number of hydrogen-bond donors (Lipinski definition) is 0. The van der Waals surface area contributed by atoms with Crippen molar-refractivity contribution < 1.29 is 13.2 Å². The van der Waals surface area contributed by atoms with Crippen molar-refractivity contribution in [2.45, 2.75) is 30.7 Å². The number of carbonyl (C=O) groups is 1. The maximum absolute atomic E-state index is 12.6. The van der Waals surface area contributed by atoms with Crippen molar-refractivity contribution in [3.05, 3.63) is 71.4 Å². The molecule has 0 fully saturated rings. The van der Waals surface area contributed by atoms with E-state index in [4.69, 9.17) is 0 Å². The molecule has 0 aliphatic carbocycles. The second kappa shape index (κ2) is 8.02. The summed E-state index contributed by atoms with van der Waals surface area (Å²) >= 11 is 0. The number of carbonyl (C=O) groups excluding carboxylic acids is 1. The summed E-state index contributed by atoms with van der Waals surface area (Å²) in [5, 5.41) is 7.93. The average Bonchev–Trinajstić information content (AvgIpc) is 3.06. The van der Waals surface area contributed by atoms with Crippen LogP contribution in [0.2, 0.25) is 0 Å².